The van der Waals surface area contributed by atoms with Crippen LogP contribution in [-0.4, -0.2) is 47.5 Å². The zero-order valence-electron chi connectivity index (χ0n) is 16.3. The average Bonchev–Trinajstić information content (AvgIpc) is 2.88. The first-order valence-corrected chi connectivity index (χ1v) is 10.3. The minimum absolute atomic E-state index is 0.140. The molecule has 0 spiro atoms. The number of carboxylic acids is 1. The van der Waals surface area contributed by atoms with E-state index in [1.807, 2.05) is 37.3 Å². The maximum Gasteiger partial charge on any atom is 0.308 e. The van der Waals surface area contributed by atoms with Crippen molar-refractivity contribution >= 4 is 29.1 Å². The second kappa shape index (κ2) is 8.43. The number of benzene rings is 2. The van der Waals surface area contributed by atoms with E-state index in [4.69, 9.17) is 21.3 Å². The number of hydrogen-bond acceptors (Lipinski definition) is 5. The quantitative estimate of drug-likeness (QED) is 0.781. The minimum Gasteiger partial charge on any atom is -0.481 e. The molecule has 0 aromatic heterocycles. The second-order valence-corrected chi connectivity index (χ2v) is 7.82. The van der Waals surface area contributed by atoms with Crippen LogP contribution in [0.15, 0.2) is 47.5 Å². The number of para-hydroxylation sites is 1. The predicted octanol–water partition coefficient (Wildman–Crippen LogP) is 4.30. The number of carbonyl (C=O) groups is 1. The molecule has 2 aromatic rings. The minimum atomic E-state index is -0.755. The van der Waals surface area contributed by atoms with Gasteiger partial charge in [0.25, 0.3) is 0 Å². The first kappa shape index (κ1) is 19.7. The zero-order valence-corrected chi connectivity index (χ0v) is 17.0. The van der Waals surface area contributed by atoms with Crippen molar-refractivity contribution in [1.82, 2.24) is 10.2 Å². The fourth-order valence-electron chi connectivity index (χ4n) is 3.99. The van der Waals surface area contributed by atoms with E-state index in [0.717, 1.165) is 30.1 Å². The number of aliphatic imine (C=N–C) groups is 1. The molecule has 0 bridgehead atoms. The van der Waals surface area contributed by atoms with Crippen molar-refractivity contribution in [3.63, 3.8) is 0 Å². The van der Waals surface area contributed by atoms with E-state index in [1.54, 1.807) is 12.1 Å². The van der Waals surface area contributed by atoms with Gasteiger partial charge in [-0.1, -0.05) is 37.1 Å². The van der Waals surface area contributed by atoms with E-state index < -0.39 is 11.9 Å². The van der Waals surface area contributed by atoms with Gasteiger partial charge in [0, 0.05) is 30.7 Å². The number of nitrogens with one attached hydrogen (secondary N) is 1. The lowest BCUT2D eigenvalue weighted by molar-refractivity contribution is -0.143. The van der Waals surface area contributed by atoms with Gasteiger partial charge in [0.15, 0.2) is 5.75 Å². The van der Waals surface area contributed by atoms with E-state index in [0.29, 0.717) is 36.0 Å². The van der Waals surface area contributed by atoms with Crippen LogP contribution in [0.3, 0.4) is 0 Å². The molecule has 2 N–H and O–H groups in total. The maximum atomic E-state index is 11.8. The summed E-state index contributed by atoms with van der Waals surface area (Å²) in [6.07, 6.45) is 1.48. The number of nitrogens with zero attached hydrogens (tertiary/aromatic N) is 2. The number of piperazine rings is 1. The highest BCUT2D eigenvalue weighted by molar-refractivity contribution is 6.31. The monoisotopic (exact) mass is 413 g/mol. The Morgan fingerprint density at radius 1 is 1.34 bits per heavy atom. The van der Waals surface area contributed by atoms with Gasteiger partial charge in [-0.25, -0.2) is 4.99 Å². The Morgan fingerprint density at radius 2 is 2.17 bits per heavy atom. The molecule has 0 aliphatic carbocycles. The van der Waals surface area contributed by atoms with Crippen LogP contribution in [0.25, 0.3) is 0 Å². The molecule has 2 aliphatic heterocycles. The van der Waals surface area contributed by atoms with Gasteiger partial charge in [-0.2, -0.15) is 0 Å². The molecule has 0 unspecified atom stereocenters. The standard InChI is InChI=1S/C22H24ClN3O3/c1-2-5-15(22(27)28)18-13-26(11-10-24-18)21-16-6-3-4-7-19(16)29-20-9-8-14(23)12-17(20)25-21/h3-4,6-9,12,15,18,24H,2,5,10-11,13H2,1H3,(H,27,28)/t15-,18-/m0/s1. The van der Waals surface area contributed by atoms with E-state index in [1.165, 1.54) is 0 Å². The number of fused-ring (bicyclic) bond motifs is 2. The van der Waals surface area contributed by atoms with Gasteiger partial charge in [-0.15, -0.1) is 0 Å². The van der Waals surface area contributed by atoms with Crippen LogP contribution < -0.4 is 10.1 Å². The zero-order chi connectivity index (χ0) is 20.4. The molecule has 152 valence electrons. The number of halogens is 1. The molecule has 2 atom stereocenters. The Morgan fingerprint density at radius 3 is 2.97 bits per heavy atom. The van der Waals surface area contributed by atoms with Gasteiger partial charge in [0.2, 0.25) is 0 Å². The van der Waals surface area contributed by atoms with Crippen LogP contribution in [0.1, 0.15) is 25.3 Å². The average molecular weight is 414 g/mol. The van der Waals surface area contributed by atoms with Gasteiger partial charge in [0.05, 0.1) is 11.5 Å². The Hall–Kier alpha value is -2.57. The van der Waals surface area contributed by atoms with Crippen LogP contribution in [0.2, 0.25) is 5.02 Å². The number of rotatable bonds is 4. The van der Waals surface area contributed by atoms with Crippen molar-refractivity contribution in [2.24, 2.45) is 10.9 Å². The van der Waals surface area contributed by atoms with Gasteiger partial charge in [0.1, 0.15) is 17.3 Å². The number of aliphatic carboxylic acids is 1. The van der Waals surface area contributed by atoms with Gasteiger partial charge < -0.3 is 20.1 Å². The number of ether oxygens (including phenoxy) is 1. The van der Waals surface area contributed by atoms with Gasteiger partial charge in [-0.05, 0) is 36.8 Å². The molecular weight excluding hydrogens is 390 g/mol. The van der Waals surface area contributed by atoms with Gasteiger partial charge in [-0.3, -0.25) is 4.79 Å². The van der Waals surface area contributed by atoms with Crippen molar-refractivity contribution in [2.45, 2.75) is 25.8 Å². The summed E-state index contributed by atoms with van der Waals surface area (Å²) in [6, 6.07) is 13.1. The first-order valence-electron chi connectivity index (χ1n) is 9.93. The van der Waals surface area contributed by atoms with Crippen LogP contribution in [0.5, 0.6) is 11.5 Å². The van der Waals surface area contributed by atoms with Crippen molar-refractivity contribution in [1.29, 1.82) is 0 Å². The largest absolute Gasteiger partial charge is 0.481 e. The summed E-state index contributed by atoms with van der Waals surface area (Å²) >= 11 is 6.20. The van der Waals surface area contributed by atoms with E-state index >= 15 is 0 Å². The van der Waals surface area contributed by atoms with E-state index in [2.05, 4.69) is 10.2 Å². The normalized spacial score (nSPS) is 19.3. The molecule has 1 fully saturated rings. The predicted molar refractivity (Wildman–Crippen MR) is 114 cm³/mol. The number of hydrogen-bond donors (Lipinski definition) is 2. The van der Waals surface area contributed by atoms with Crippen LogP contribution >= 0.6 is 11.6 Å². The first-order chi connectivity index (χ1) is 14.1. The SMILES string of the molecule is CCC[C@H](C(=O)O)[C@@H]1CN(C2=Nc3cc(Cl)ccc3Oc3ccccc32)CCN1. The van der Waals surface area contributed by atoms with E-state index in [9.17, 15) is 9.90 Å². The maximum absolute atomic E-state index is 11.8. The Bertz CT molecular complexity index is 947. The fourth-order valence-corrected chi connectivity index (χ4v) is 4.15. The Kier molecular flexibility index (Phi) is 5.74. The van der Waals surface area contributed by atoms with Crippen LogP contribution in [0.4, 0.5) is 5.69 Å². The molecule has 6 nitrogen and oxygen atoms in total. The highest BCUT2D eigenvalue weighted by Crippen LogP contribution is 2.39. The lowest BCUT2D eigenvalue weighted by Gasteiger charge is -2.38. The molecule has 0 saturated carbocycles. The molecule has 1 saturated heterocycles. The fraction of sp³-hybridized carbons (Fsp3) is 0.364. The molecule has 2 heterocycles. The third kappa shape index (κ3) is 4.09. The van der Waals surface area contributed by atoms with Crippen molar-refractivity contribution < 1.29 is 14.6 Å². The molecule has 29 heavy (non-hydrogen) atoms. The van der Waals surface area contributed by atoms with Crippen LogP contribution in [-0.2, 0) is 4.79 Å². The lowest BCUT2D eigenvalue weighted by Crippen LogP contribution is -2.56. The highest BCUT2D eigenvalue weighted by atomic mass is 35.5. The van der Waals surface area contributed by atoms with Gasteiger partial charge >= 0.3 is 5.97 Å². The van der Waals surface area contributed by atoms with Crippen molar-refractivity contribution in [3.05, 3.63) is 53.1 Å². The molecule has 2 aromatic carbocycles. The van der Waals surface area contributed by atoms with Crippen molar-refractivity contribution in [2.75, 3.05) is 19.6 Å². The number of carboxylic acid groups (broad SMARTS) is 1. The molecule has 4 rings (SSSR count). The summed E-state index contributed by atoms with van der Waals surface area (Å²) in [5, 5.41) is 13.7. The molecule has 0 amide bonds. The number of amidine groups is 1. The third-order valence-corrected chi connectivity index (χ3v) is 5.64. The summed E-state index contributed by atoms with van der Waals surface area (Å²) in [5.41, 5.74) is 1.56. The van der Waals surface area contributed by atoms with E-state index in [-0.39, 0.29) is 6.04 Å². The molecule has 2 aliphatic rings. The van der Waals surface area contributed by atoms with Crippen molar-refractivity contribution in [3.8, 4) is 11.5 Å². The summed E-state index contributed by atoms with van der Waals surface area (Å²) < 4.78 is 6.12. The lowest BCUT2D eigenvalue weighted by atomic mass is 9.93. The topological polar surface area (TPSA) is 74.2 Å². The summed E-state index contributed by atoms with van der Waals surface area (Å²) in [7, 11) is 0. The Labute approximate surface area is 175 Å². The Balaban J connectivity index is 1.72. The summed E-state index contributed by atoms with van der Waals surface area (Å²) in [4.78, 5) is 18.9. The third-order valence-electron chi connectivity index (χ3n) is 5.40. The molecular formula is C22H24ClN3O3. The summed E-state index contributed by atoms with van der Waals surface area (Å²) in [6.45, 7) is 4.01. The second-order valence-electron chi connectivity index (χ2n) is 7.39. The highest BCUT2D eigenvalue weighted by Gasteiger charge is 2.33. The molecule has 0 radical (unpaired) electrons. The summed E-state index contributed by atoms with van der Waals surface area (Å²) in [5.74, 6) is 0.981. The smallest absolute Gasteiger partial charge is 0.308 e. The van der Waals surface area contributed by atoms with Crippen LogP contribution in [0, 0.1) is 5.92 Å². The molecule has 7 heteroatoms.